The molecule has 3 heteroatoms. The van der Waals surface area contributed by atoms with Gasteiger partial charge in [-0.3, -0.25) is 0 Å². The normalized spacial score (nSPS) is 14.1. The van der Waals surface area contributed by atoms with Gasteiger partial charge in [-0.05, 0) is 61.4 Å². The maximum atomic E-state index is 10.4. The van der Waals surface area contributed by atoms with Crippen LogP contribution in [-0.4, -0.2) is 25.6 Å². The average molecular weight is 425 g/mol. The number of aliphatic hydroxyl groups is 1. The average Bonchev–Trinajstić information content (AvgIpc) is 2.81. The topological polar surface area (TPSA) is 29.5 Å². The second-order valence-corrected chi connectivity index (χ2v) is 13.0. The van der Waals surface area contributed by atoms with E-state index in [9.17, 15) is 5.11 Å². The Kier molecular flexibility index (Phi) is 11.1. The maximum Gasteiger partial charge on any atom is 0.192 e. The molecular formula is C27H40O2Si. The van der Waals surface area contributed by atoms with Gasteiger partial charge in [0.1, 0.15) is 0 Å². The molecule has 2 atom stereocenters. The minimum Gasteiger partial charge on any atom is -0.411 e. The van der Waals surface area contributed by atoms with E-state index >= 15 is 0 Å². The molecule has 0 radical (unpaired) electrons. The van der Waals surface area contributed by atoms with Crippen molar-refractivity contribution < 1.29 is 9.53 Å². The third kappa shape index (κ3) is 8.59. The Hall–Kier alpha value is -1.68. The third-order valence-corrected chi connectivity index (χ3v) is 10.9. The first kappa shape index (κ1) is 24.6. The zero-order valence-electron chi connectivity index (χ0n) is 19.1. The Bertz CT molecular complexity index is 702. The largest absolute Gasteiger partial charge is 0.411 e. The quantitative estimate of drug-likeness (QED) is 0.263. The van der Waals surface area contributed by atoms with Crippen molar-refractivity contribution >= 4 is 8.32 Å². The van der Waals surface area contributed by atoms with Gasteiger partial charge in [0, 0.05) is 0 Å². The van der Waals surface area contributed by atoms with Crippen LogP contribution < -0.4 is 0 Å². The first-order valence-electron chi connectivity index (χ1n) is 11.7. The molecule has 0 amide bonds. The summed E-state index contributed by atoms with van der Waals surface area (Å²) in [5.41, 5.74) is 2.65. The number of hydrogen-bond acceptors (Lipinski definition) is 2. The van der Waals surface area contributed by atoms with Crippen molar-refractivity contribution in [2.24, 2.45) is 0 Å². The minimum absolute atomic E-state index is 0.137. The Balaban J connectivity index is 1.92. The van der Waals surface area contributed by atoms with Crippen molar-refractivity contribution in [2.75, 3.05) is 0 Å². The van der Waals surface area contributed by atoms with Crippen molar-refractivity contribution in [3.63, 3.8) is 0 Å². The highest BCUT2D eigenvalue weighted by Gasteiger charge is 2.31. The van der Waals surface area contributed by atoms with Crippen LogP contribution in [0.3, 0.4) is 0 Å². The lowest BCUT2D eigenvalue weighted by molar-refractivity contribution is 0.167. The van der Waals surface area contributed by atoms with Crippen LogP contribution >= 0.6 is 0 Å². The van der Waals surface area contributed by atoms with Crippen LogP contribution in [0.5, 0.6) is 0 Å². The molecular weight excluding hydrogens is 384 g/mol. The molecule has 0 fully saturated rings. The van der Waals surface area contributed by atoms with Gasteiger partial charge in [-0.1, -0.05) is 93.6 Å². The lowest BCUT2D eigenvalue weighted by atomic mass is 10.0. The second-order valence-electron chi connectivity index (χ2n) is 8.27. The van der Waals surface area contributed by atoms with Gasteiger partial charge < -0.3 is 9.53 Å². The van der Waals surface area contributed by atoms with E-state index in [0.717, 1.165) is 43.8 Å². The first-order chi connectivity index (χ1) is 14.6. The lowest BCUT2D eigenvalue weighted by Gasteiger charge is -2.32. The summed E-state index contributed by atoms with van der Waals surface area (Å²) < 4.78 is 6.79. The molecule has 164 valence electrons. The molecule has 0 saturated heterocycles. The molecule has 0 saturated carbocycles. The summed E-state index contributed by atoms with van der Waals surface area (Å²) in [5, 5.41) is 10.4. The van der Waals surface area contributed by atoms with Crippen molar-refractivity contribution in [3.8, 4) is 0 Å². The second kappa shape index (κ2) is 13.6. The molecule has 0 aliphatic carbocycles. The van der Waals surface area contributed by atoms with Gasteiger partial charge in [0.05, 0.1) is 12.2 Å². The molecule has 0 unspecified atom stereocenters. The Labute approximate surface area is 185 Å². The lowest BCUT2D eigenvalue weighted by Crippen LogP contribution is -2.39. The van der Waals surface area contributed by atoms with E-state index < -0.39 is 8.32 Å². The van der Waals surface area contributed by atoms with Crippen LogP contribution in [0.1, 0.15) is 51.2 Å². The highest BCUT2D eigenvalue weighted by molar-refractivity contribution is 6.73. The van der Waals surface area contributed by atoms with E-state index in [0.29, 0.717) is 6.42 Å². The van der Waals surface area contributed by atoms with E-state index in [2.05, 4.69) is 87.5 Å². The monoisotopic (exact) mass is 424 g/mol. The molecule has 0 heterocycles. The van der Waals surface area contributed by atoms with Crippen LogP contribution in [0.2, 0.25) is 18.1 Å². The van der Waals surface area contributed by atoms with E-state index in [4.69, 9.17) is 4.43 Å². The molecule has 2 rings (SSSR count). The van der Waals surface area contributed by atoms with Gasteiger partial charge >= 0.3 is 0 Å². The number of aryl methyl sites for hydroxylation is 2. The van der Waals surface area contributed by atoms with Gasteiger partial charge in [0.2, 0.25) is 0 Å². The van der Waals surface area contributed by atoms with Crippen LogP contribution in [0.15, 0.2) is 72.8 Å². The van der Waals surface area contributed by atoms with Gasteiger partial charge in [-0.2, -0.15) is 0 Å². The van der Waals surface area contributed by atoms with Crippen LogP contribution in [0, 0.1) is 0 Å². The molecule has 2 aromatic rings. The molecule has 0 spiro atoms. The fourth-order valence-corrected chi connectivity index (χ4v) is 6.79. The van der Waals surface area contributed by atoms with Crippen LogP contribution in [0.4, 0.5) is 0 Å². The van der Waals surface area contributed by atoms with Gasteiger partial charge in [0.25, 0.3) is 0 Å². The summed E-state index contributed by atoms with van der Waals surface area (Å²) in [5.74, 6) is 0. The summed E-state index contributed by atoms with van der Waals surface area (Å²) in [6, 6.07) is 24.5. The molecule has 30 heavy (non-hydrogen) atoms. The molecule has 1 N–H and O–H groups in total. The van der Waals surface area contributed by atoms with E-state index in [1.807, 2.05) is 6.07 Å². The summed E-state index contributed by atoms with van der Waals surface area (Å²) in [6.45, 7) is 6.85. The minimum atomic E-state index is -1.67. The van der Waals surface area contributed by atoms with Crippen molar-refractivity contribution in [2.45, 2.75) is 83.2 Å². The number of benzene rings is 2. The van der Waals surface area contributed by atoms with E-state index in [1.165, 1.54) is 11.1 Å². The van der Waals surface area contributed by atoms with E-state index in [-0.39, 0.29) is 12.2 Å². The van der Waals surface area contributed by atoms with Gasteiger partial charge in [-0.25, -0.2) is 0 Å². The molecule has 0 bridgehead atoms. The fourth-order valence-electron chi connectivity index (χ4n) is 3.95. The molecule has 0 aliphatic rings. The smallest absolute Gasteiger partial charge is 0.192 e. The first-order valence-corrected chi connectivity index (χ1v) is 14.2. The SMILES string of the molecule is CC[Si](CC)(CC)O[C@H](/C=C/C[C@@H](O)CCc1ccccc1)CCc1ccccc1. The predicted molar refractivity (Wildman–Crippen MR) is 131 cm³/mol. The summed E-state index contributed by atoms with van der Waals surface area (Å²) in [4.78, 5) is 0. The summed E-state index contributed by atoms with van der Waals surface area (Å²) >= 11 is 0. The maximum absolute atomic E-state index is 10.4. The third-order valence-electron chi connectivity index (χ3n) is 6.26. The summed E-state index contributed by atoms with van der Waals surface area (Å²) in [6.07, 6.45) is 8.62. The zero-order chi connectivity index (χ0) is 21.7. The molecule has 0 aromatic heterocycles. The van der Waals surface area contributed by atoms with Gasteiger partial charge in [0.15, 0.2) is 8.32 Å². The highest BCUT2D eigenvalue weighted by atomic mass is 28.4. The standard InChI is InChI=1S/C27H40O2Si/c1-4-30(5-2,6-3)29-27(23-21-25-16-11-8-12-17-25)19-13-18-26(28)22-20-24-14-9-7-10-15-24/h7-17,19,26-28H,4-6,18,20-23H2,1-3H3/b19-13+/t26-,27-/m1/s1. The fraction of sp³-hybridized carbons (Fsp3) is 0.481. The van der Waals surface area contributed by atoms with Crippen molar-refractivity contribution in [3.05, 3.63) is 83.9 Å². The molecule has 0 aliphatic heterocycles. The number of aliphatic hydroxyl groups excluding tert-OH is 1. The zero-order valence-corrected chi connectivity index (χ0v) is 20.1. The van der Waals surface area contributed by atoms with Crippen LogP contribution in [0.25, 0.3) is 0 Å². The van der Waals surface area contributed by atoms with Crippen molar-refractivity contribution in [1.29, 1.82) is 0 Å². The Morgan fingerprint density at radius 2 is 1.30 bits per heavy atom. The molecule has 2 aromatic carbocycles. The number of hydrogen-bond donors (Lipinski definition) is 1. The van der Waals surface area contributed by atoms with Gasteiger partial charge in [-0.15, -0.1) is 0 Å². The predicted octanol–water partition coefficient (Wildman–Crippen LogP) is 6.95. The Morgan fingerprint density at radius 1 is 0.800 bits per heavy atom. The highest BCUT2D eigenvalue weighted by Crippen LogP contribution is 2.25. The van der Waals surface area contributed by atoms with E-state index in [1.54, 1.807) is 0 Å². The molecule has 2 nitrogen and oxygen atoms in total. The Morgan fingerprint density at radius 3 is 1.80 bits per heavy atom. The summed E-state index contributed by atoms with van der Waals surface area (Å²) in [7, 11) is -1.67. The van der Waals surface area contributed by atoms with Crippen molar-refractivity contribution in [1.82, 2.24) is 0 Å². The van der Waals surface area contributed by atoms with Crippen LogP contribution in [-0.2, 0) is 17.3 Å². The number of rotatable bonds is 14.